The largest absolute Gasteiger partial charge is 0.379 e. The van der Waals surface area contributed by atoms with E-state index in [1.54, 1.807) is 12.1 Å². The van der Waals surface area contributed by atoms with Crippen LogP contribution in [-0.4, -0.2) is 52.3 Å². The van der Waals surface area contributed by atoms with Crippen LogP contribution in [0.15, 0.2) is 30.9 Å². The molecule has 0 aromatic heterocycles. The summed E-state index contributed by atoms with van der Waals surface area (Å²) in [5, 5.41) is 0. The molecule has 1 fully saturated rings. The first-order chi connectivity index (χ1) is 9.90. The lowest BCUT2D eigenvalue weighted by molar-refractivity contribution is 0.283. The number of nitrogens with zero attached hydrogens (tertiary/aromatic N) is 2. The molecule has 0 spiro atoms. The molecule has 0 unspecified atom stereocenters. The molecule has 1 aliphatic heterocycles. The van der Waals surface area contributed by atoms with Gasteiger partial charge < -0.3 is 9.08 Å². The van der Waals surface area contributed by atoms with Gasteiger partial charge in [0.2, 0.25) is 0 Å². The fourth-order valence-electron chi connectivity index (χ4n) is 2.32. The van der Waals surface area contributed by atoms with E-state index < -0.39 is 15.9 Å². The van der Waals surface area contributed by atoms with Crippen molar-refractivity contribution >= 4 is 15.8 Å². The molecule has 5 nitrogen and oxygen atoms in total. The van der Waals surface area contributed by atoms with Gasteiger partial charge in [0, 0.05) is 32.7 Å². The van der Waals surface area contributed by atoms with Crippen molar-refractivity contribution in [3.63, 3.8) is 0 Å². The summed E-state index contributed by atoms with van der Waals surface area (Å²) in [6.07, 6.45) is 2.74. The molecule has 116 valence electrons. The zero-order valence-electron chi connectivity index (χ0n) is 12.0. The lowest BCUT2D eigenvalue weighted by Crippen LogP contribution is -2.46. The fourth-order valence-corrected chi connectivity index (χ4v) is 2.78. The molecule has 0 saturated carbocycles. The Balaban J connectivity index is 2.14. The second-order valence-corrected chi connectivity index (χ2v) is 6.53. The minimum absolute atomic E-state index is 0.261. The van der Waals surface area contributed by atoms with E-state index in [1.807, 2.05) is 11.0 Å². The standard InChI is InChI=1S/C14H19FN2O3S/c1-3-7-16-8-10-17(11-9-16)12-5-4-6-13(14(12)15)20-21(2,18)19/h3-6H,1,7-11H2,2H3. The third kappa shape index (κ3) is 4.18. The molecule has 1 aromatic rings. The molecule has 0 radical (unpaired) electrons. The molecule has 7 heteroatoms. The van der Waals surface area contributed by atoms with Crippen LogP contribution in [0.2, 0.25) is 0 Å². The van der Waals surface area contributed by atoms with Crippen molar-refractivity contribution in [2.75, 3.05) is 43.9 Å². The van der Waals surface area contributed by atoms with Crippen LogP contribution < -0.4 is 9.08 Å². The summed E-state index contributed by atoms with van der Waals surface area (Å²) >= 11 is 0. The van der Waals surface area contributed by atoms with Crippen molar-refractivity contribution in [3.8, 4) is 5.75 Å². The number of hydrogen-bond acceptors (Lipinski definition) is 5. The molecule has 21 heavy (non-hydrogen) atoms. The van der Waals surface area contributed by atoms with Crippen LogP contribution in [0.3, 0.4) is 0 Å². The predicted molar refractivity (Wildman–Crippen MR) is 80.7 cm³/mol. The van der Waals surface area contributed by atoms with Crippen molar-refractivity contribution in [3.05, 3.63) is 36.7 Å². The van der Waals surface area contributed by atoms with Crippen LogP contribution in [0.5, 0.6) is 5.75 Å². The Hall–Kier alpha value is -1.60. The third-order valence-electron chi connectivity index (χ3n) is 3.28. The average Bonchev–Trinajstić information content (AvgIpc) is 2.41. The summed E-state index contributed by atoms with van der Waals surface area (Å²) in [5.41, 5.74) is 0.370. The lowest BCUT2D eigenvalue weighted by Gasteiger charge is -2.35. The topological polar surface area (TPSA) is 49.9 Å². The van der Waals surface area contributed by atoms with E-state index in [4.69, 9.17) is 0 Å². The number of piperazine rings is 1. The van der Waals surface area contributed by atoms with Gasteiger partial charge in [0.25, 0.3) is 0 Å². The summed E-state index contributed by atoms with van der Waals surface area (Å²) in [7, 11) is -3.74. The Morgan fingerprint density at radius 2 is 2.00 bits per heavy atom. The molecule has 0 atom stereocenters. The molecule has 1 aromatic carbocycles. The first-order valence-electron chi connectivity index (χ1n) is 6.67. The number of hydrogen-bond donors (Lipinski definition) is 0. The number of rotatable bonds is 5. The van der Waals surface area contributed by atoms with Gasteiger partial charge in [-0.15, -0.1) is 6.58 Å². The van der Waals surface area contributed by atoms with Gasteiger partial charge in [0.05, 0.1) is 11.9 Å². The minimum atomic E-state index is -3.74. The van der Waals surface area contributed by atoms with Crippen LogP contribution in [0.4, 0.5) is 10.1 Å². The monoisotopic (exact) mass is 314 g/mol. The molecule has 0 bridgehead atoms. The maximum Gasteiger partial charge on any atom is 0.306 e. The highest BCUT2D eigenvalue weighted by atomic mass is 32.2. The highest BCUT2D eigenvalue weighted by Crippen LogP contribution is 2.29. The molecule has 1 saturated heterocycles. The summed E-state index contributed by atoms with van der Waals surface area (Å²) < 4.78 is 41.3. The zero-order valence-corrected chi connectivity index (χ0v) is 12.8. The number of halogens is 1. The van der Waals surface area contributed by atoms with E-state index in [0.717, 1.165) is 25.9 Å². The van der Waals surface area contributed by atoms with E-state index in [-0.39, 0.29) is 5.75 Å². The molecule has 0 aliphatic carbocycles. The molecular weight excluding hydrogens is 295 g/mol. The maximum atomic E-state index is 14.4. The Kier molecular flexibility index (Phi) is 4.84. The van der Waals surface area contributed by atoms with Gasteiger partial charge in [-0.2, -0.15) is 8.42 Å². The van der Waals surface area contributed by atoms with Gasteiger partial charge in [0.15, 0.2) is 11.6 Å². The molecular formula is C14H19FN2O3S. The molecule has 1 heterocycles. The van der Waals surface area contributed by atoms with E-state index in [0.29, 0.717) is 18.8 Å². The van der Waals surface area contributed by atoms with E-state index in [9.17, 15) is 12.8 Å². The normalized spacial score (nSPS) is 16.8. The minimum Gasteiger partial charge on any atom is -0.379 e. The highest BCUT2D eigenvalue weighted by Gasteiger charge is 2.21. The van der Waals surface area contributed by atoms with Crippen molar-refractivity contribution in [2.45, 2.75) is 0 Å². The number of benzene rings is 1. The first kappa shape index (κ1) is 15.8. The van der Waals surface area contributed by atoms with Gasteiger partial charge in [-0.05, 0) is 12.1 Å². The van der Waals surface area contributed by atoms with Crippen LogP contribution in [-0.2, 0) is 10.1 Å². The van der Waals surface area contributed by atoms with Crippen LogP contribution in [0, 0.1) is 5.82 Å². The second kappa shape index (κ2) is 6.44. The Bertz CT molecular complexity index is 611. The summed E-state index contributed by atoms with van der Waals surface area (Å²) in [6.45, 7) is 7.48. The van der Waals surface area contributed by atoms with Crippen LogP contribution in [0.25, 0.3) is 0 Å². The predicted octanol–water partition coefficient (Wildman–Crippen LogP) is 1.47. The zero-order chi connectivity index (χ0) is 15.5. The number of anilines is 1. The van der Waals surface area contributed by atoms with Gasteiger partial charge in [0.1, 0.15) is 0 Å². The smallest absolute Gasteiger partial charge is 0.306 e. The third-order valence-corrected chi connectivity index (χ3v) is 3.77. The van der Waals surface area contributed by atoms with Crippen LogP contribution in [0.1, 0.15) is 0 Å². The fraction of sp³-hybridized carbons (Fsp3) is 0.429. The molecule has 2 rings (SSSR count). The van der Waals surface area contributed by atoms with Crippen molar-refractivity contribution in [1.29, 1.82) is 0 Å². The summed E-state index contributed by atoms with van der Waals surface area (Å²) in [4.78, 5) is 4.11. The molecule has 0 N–H and O–H groups in total. The average molecular weight is 314 g/mol. The second-order valence-electron chi connectivity index (χ2n) is 4.95. The molecule has 1 aliphatic rings. The first-order valence-corrected chi connectivity index (χ1v) is 8.48. The summed E-state index contributed by atoms with van der Waals surface area (Å²) in [6, 6.07) is 4.54. The van der Waals surface area contributed by atoms with Gasteiger partial charge in [-0.1, -0.05) is 12.1 Å². The van der Waals surface area contributed by atoms with Gasteiger partial charge in [-0.3, -0.25) is 4.90 Å². The Morgan fingerprint density at radius 3 is 2.57 bits per heavy atom. The summed E-state index contributed by atoms with van der Waals surface area (Å²) in [5.74, 6) is -0.899. The Labute approximate surface area is 124 Å². The Morgan fingerprint density at radius 1 is 1.33 bits per heavy atom. The highest BCUT2D eigenvalue weighted by molar-refractivity contribution is 7.86. The van der Waals surface area contributed by atoms with Crippen molar-refractivity contribution in [1.82, 2.24) is 4.90 Å². The quantitative estimate of drug-likeness (QED) is 0.608. The van der Waals surface area contributed by atoms with Crippen molar-refractivity contribution < 1.29 is 17.0 Å². The van der Waals surface area contributed by atoms with E-state index in [2.05, 4.69) is 15.7 Å². The van der Waals surface area contributed by atoms with Gasteiger partial charge in [-0.25, -0.2) is 4.39 Å². The van der Waals surface area contributed by atoms with Crippen molar-refractivity contribution in [2.24, 2.45) is 0 Å². The SMILES string of the molecule is C=CCN1CCN(c2cccc(OS(C)(=O)=O)c2F)CC1. The molecule has 0 amide bonds. The van der Waals surface area contributed by atoms with E-state index >= 15 is 0 Å². The van der Waals surface area contributed by atoms with Gasteiger partial charge >= 0.3 is 10.1 Å². The maximum absolute atomic E-state index is 14.4. The van der Waals surface area contributed by atoms with Crippen LogP contribution >= 0.6 is 0 Å². The van der Waals surface area contributed by atoms with E-state index in [1.165, 1.54) is 6.07 Å². The lowest BCUT2D eigenvalue weighted by atomic mass is 10.2.